The van der Waals surface area contributed by atoms with E-state index in [2.05, 4.69) is 0 Å². The molecule has 1 fully saturated rings. The molecule has 1 unspecified atom stereocenters. The van der Waals surface area contributed by atoms with Crippen LogP contribution in [0.1, 0.15) is 29.3 Å². The lowest BCUT2D eigenvalue weighted by Gasteiger charge is -2.29. The fourth-order valence-corrected chi connectivity index (χ4v) is 5.18. The van der Waals surface area contributed by atoms with Gasteiger partial charge in [-0.2, -0.15) is 0 Å². The zero-order valence-electron chi connectivity index (χ0n) is 15.1. The first-order chi connectivity index (χ1) is 12.9. The number of carbonyl (C=O) groups is 1. The summed E-state index contributed by atoms with van der Waals surface area (Å²) >= 11 is 6.20. The smallest absolute Gasteiger partial charge is 0.255 e. The first kappa shape index (κ1) is 19.7. The summed E-state index contributed by atoms with van der Waals surface area (Å²) in [6.07, 6.45) is 0.440. The van der Waals surface area contributed by atoms with E-state index in [1.54, 1.807) is 29.2 Å². The molecule has 0 bridgehead atoms. The summed E-state index contributed by atoms with van der Waals surface area (Å²) in [6, 6.07) is 14.0. The molecule has 2 aromatic rings. The minimum atomic E-state index is -3.12. The van der Waals surface area contributed by atoms with Gasteiger partial charge < -0.3 is 9.64 Å². The van der Waals surface area contributed by atoms with Crippen molar-refractivity contribution in [2.45, 2.75) is 25.9 Å². The van der Waals surface area contributed by atoms with Crippen molar-refractivity contribution in [3.8, 4) is 5.75 Å². The lowest BCUT2D eigenvalue weighted by atomic mass is 10.1. The van der Waals surface area contributed by atoms with Gasteiger partial charge in [-0.1, -0.05) is 35.9 Å². The Morgan fingerprint density at radius 3 is 2.48 bits per heavy atom. The van der Waals surface area contributed by atoms with Crippen LogP contribution in [0.25, 0.3) is 0 Å². The molecule has 0 spiro atoms. The van der Waals surface area contributed by atoms with Crippen molar-refractivity contribution >= 4 is 27.3 Å². The minimum absolute atomic E-state index is 0.0137. The molecule has 2 aromatic carbocycles. The van der Waals surface area contributed by atoms with Crippen molar-refractivity contribution in [1.82, 2.24) is 4.90 Å². The van der Waals surface area contributed by atoms with Gasteiger partial charge in [0.1, 0.15) is 5.75 Å². The molecule has 1 heterocycles. The van der Waals surface area contributed by atoms with Gasteiger partial charge in [-0.15, -0.1) is 0 Å². The average molecular weight is 408 g/mol. The number of hydrogen-bond donors (Lipinski definition) is 0. The molecule has 1 aliphatic rings. The Morgan fingerprint density at radius 2 is 1.89 bits per heavy atom. The molecule has 3 rings (SSSR count). The molecule has 144 valence electrons. The second-order valence-corrected chi connectivity index (χ2v) is 9.18. The van der Waals surface area contributed by atoms with Gasteiger partial charge in [-0.25, -0.2) is 8.42 Å². The Balaban J connectivity index is 1.88. The summed E-state index contributed by atoms with van der Waals surface area (Å²) in [7, 11) is -3.12. The third kappa shape index (κ3) is 4.82. The van der Waals surface area contributed by atoms with Gasteiger partial charge in [0.2, 0.25) is 0 Å². The van der Waals surface area contributed by atoms with E-state index in [0.717, 1.165) is 11.3 Å². The molecule has 1 aliphatic heterocycles. The second-order valence-electron chi connectivity index (χ2n) is 6.55. The molecule has 5 nitrogen and oxygen atoms in total. The summed E-state index contributed by atoms with van der Waals surface area (Å²) in [6.45, 7) is 2.81. The number of halogens is 1. The monoisotopic (exact) mass is 407 g/mol. The normalized spacial score (nSPS) is 18.2. The number of carbonyl (C=O) groups excluding carboxylic acids is 1. The molecule has 0 saturated carbocycles. The van der Waals surface area contributed by atoms with Gasteiger partial charge in [0.25, 0.3) is 5.91 Å². The molecular formula is C20H22ClNO4S. The van der Waals surface area contributed by atoms with E-state index in [-0.39, 0.29) is 23.5 Å². The number of amides is 1. The first-order valence-electron chi connectivity index (χ1n) is 8.87. The summed E-state index contributed by atoms with van der Waals surface area (Å²) in [5.74, 6) is 0.596. The van der Waals surface area contributed by atoms with Crippen molar-refractivity contribution < 1.29 is 17.9 Å². The molecule has 1 amide bonds. The zero-order chi connectivity index (χ0) is 19.4. The van der Waals surface area contributed by atoms with Crippen molar-refractivity contribution in [1.29, 1.82) is 0 Å². The maximum atomic E-state index is 13.2. The van der Waals surface area contributed by atoms with Gasteiger partial charge >= 0.3 is 0 Å². The highest BCUT2D eigenvalue weighted by atomic mass is 35.5. The number of rotatable bonds is 6. The number of nitrogens with zero attached hydrogens (tertiary/aromatic N) is 1. The van der Waals surface area contributed by atoms with E-state index in [1.165, 1.54) is 0 Å². The SMILES string of the molecule is CCOc1ccc(CN(C(=O)c2ccccc2Cl)C2CCS(=O)(=O)C2)cc1. The Labute approximate surface area is 164 Å². The van der Waals surface area contributed by atoms with E-state index in [0.29, 0.717) is 30.2 Å². The van der Waals surface area contributed by atoms with E-state index < -0.39 is 9.84 Å². The average Bonchev–Trinajstić information content (AvgIpc) is 3.01. The molecule has 0 aromatic heterocycles. The highest BCUT2D eigenvalue weighted by molar-refractivity contribution is 7.91. The topological polar surface area (TPSA) is 63.7 Å². The van der Waals surface area contributed by atoms with Crippen molar-refractivity contribution in [3.05, 3.63) is 64.7 Å². The molecule has 1 atom stereocenters. The second kappa shape index (κ2) is 8.31. The van der Waals surface area contributed by atoms with Crippen LogP contribution in [0.3, 0.4) is 0 Å². The summed E-state index contributed by atoms with van der Waals surface area (Å²) in [5, 5.41) is 0.361. The van der Waals surface area contributed by atoms with Crippen LogP contribution in [0.4, 0.5) is 0 Å². The van der Waals surface area contributed by atoms with Crippen LogP contribution in [-0.4, -0.2) is 43.4 Å². The van der Waals surface area contributed by atoms with E-state index in [4.69, 9.17) is 16.3 Å². The van der Waals surface area contributed by atoms with E-state index in [1.807, 2.05) is 31.2 Å². The number of benzene rings is 2. The Hall–Kier alpha value is -2.05. The van der Waals surface area contributed by atoms with Crippen LogP contribution in [0, 0.1) is 0 Å². The molecule has 0 radical (unpaired) electrons. The quantitative estimate of drug-likeness (QED) is 0.734. The van der Waals surface area contributed by atoms with Gasteiger partial charge in [0, 0.05) is 12.6 Å². The van der Waals surface area contributed by atoms with Crippen LogP contribution >= 0.6 is 11.6 Å². The number of sulfone groups is 1. The van der Waals surface area contributed by atoms with Gasteiger partial charge in [-0.3, -0.25) is 4.79 Å². The Morgan fingerprint density at radius 1 is 1.19 bits per heavy atom. The fraction of sp³-hybridized carbons (Fsp3) is 0.350. The number of hydrogen-bond acceptors (Lipinski definition) is 4. The van der Waals surface area contributed by atoms with Crippen LogP contribution in [-0.2, 0) is 16.4 Å². The Kier molecular flexibility index (Phi) is 6.07. The maximum absolute atomic E-state index is 13.2. The third-order valence-electron chi connectivity index (χ3n) is 4.60. The van der Waals surface area contributed by atoms with Gasteiger partial charge in [-0.05, 0) is 43.2 Å². The summed E-state index contributed by atoms with van der Waals surface area (Å²) < 4.78 is 29.4. The van der Waals surface area contributed by atoms with Crippen molar-refractivity contribution in [2.75, 3.05) is 18.1 Å². The highest BCUT2D eigenvalue weighted by Gasteiger charge is 2.35. The van der Waals surface area contributed by atoms with Crippen LogP contribution in [0.15, 0.2) is 48.5 Å². The fourth-order valence-electron chi connectivity index (χ4n) is 3.23. The van der Waals surface area contributed by atoms with Crippen molar-refractivity contribution in [3.63, 3.8) is 0 Å². The molecular weight excluding hydrogens is 386 g/mol. The first-order valence-corrected chi connectivity index (χ1v) is 11.1. The minimum Gasteiger partial charge on any atom is -0.494 e. The van der Waals surface area contributed by atoms with Crippen LogP contribution < -0.4 is 4.74 Å². The van der Waals surface area contributed by atoms with Crippen molar-refractivity contribution in [2.24, 2.45) is 0 Å². The van der Waals surface area contributed by atoms with Gasteiger partial charge in [0.15, 0.2) is 9.84 Å². The largest absolute Gasteiger partial charge is 0.494 e. The maximum Gasteiger partial charge on any atom is 0.255 e. The van der Waals surface area contributed by atoms with Crippen LogP contribution in [0.5, 0.6) is 5.75 Å². The predicted molar refractivity (Wildman–Crippen MR) is 106 cm³/mol. The predicted octanol–water partition coefficient (Wildman–Crippen LogP) is 3.57. The summed E-state index contributed by atoms with van der Waals surface area (Å²) in [4.78, 5) is 14.8. The molecule has 0 N–H and O–H groups in total. The molecule has 7 heteroatoms. The Bertz CT molecular complexity index is 912. The summed E-state index contributed by atoms with van der Waals surface area (Å²) in [5.41, 5.74) is 1.29. The van der Waals surface area contributed by atoms with Crippen LogP contribution in [0.2, 0.25) is 5.02 Å². The highest BCUT2D eigenvalue weighted by Crippen LogP contribution is 2.25. The molecule has 0 aliphatic carbocycles. The third-order valence-corrected chi connectivity index (χ3v) is 6.68. The van der Waals surface area contributed by atoms with Gasteiger partial charge in [0.05, 0.1) is 28.7 Å². The number of ether oxygens (including phenoxy) is 1. The van der Waals surface area contributed by atoms with E-state index in [9.17, 15) is 13.2 Å². The van der Waals surface area contributed by atoms with E-state index >= 15 is 0 Å². The lowest BCUT2D eigenvalue weighted by Crippen LogP contribution is -2.40. The molecule has 1 saturated heterocycles. The zero-order valence-corrected chi connectivity index (χ0v) is 16.7. The lowest BCUT2D eigenvalue weighted by molar-refractivity contribution is 0.0681. The molecule has 27 heavy (non-hydrogen) atoms. The standard InChI is InChI=1S/C20H22ClNO4S/c1-2-26-17-9-7-15(8-10-17)13-22(16-11-12-27(24,25)14-16)20(23)18-5-3-4-6-19(18)21/h3-10,16H,2,11-14H2,1H3.